The monoisotopic (exact) mass is 196 g/mol. The second-order valence-corrected chi connectivity index (χ2v) is 5.15. The second-order valence-electron chi connectivity index (χ2n) is 5.15. The molecule has 2 rings (SSSR count). The molecule has 0 bridgehead atoms. The maximum atomic E-state index is 5.95. The smallest absolute Gasteiger partial charge is 0.0973 e. The lowest BCUT2D eigenvalue weighted by molar-refractivity contribution is 0.161. The van der Waals surface area contributed by atoms with E-state index in [0.717, 1.165) is 5.92 Å². The molecule has 2 unspecified atom stereocenters. The minimum atomic E-state index is 0.330. The van der Waals surface area contributed by atoms with Gasteiger partial charge in [-0.2, -0.15) is 0 Å². The highest BCUT2D eigenvalue weighted by atomic mass is 16.6. The van der Waals surface area contributed by atoms with E-state index in [1.165, 1.54) is 51.4 Å². The van der Waals surface area contributed by atoms with Gasteiger partial charge in [0.05, 0.1) is 11.7 Å². The van der Waals surface area contributed by atoms with Crippen molar-refractivity contribution in [2.24, 2.45) is 5.92 Å². The van der Waals surface area contributed by atoms with E-state index in [9.17, 15) is 0 Å². The van der Waals surface area contributed by atoms with Crippen molar-refractivity contribution >= 4 is 0 Å². The Morgan fingerprint density at radius 3 is 2.36 bits per heavy atom. The highest BCUT2D eigenvalue weighted by Crippen LogP contribution is 2.51. The molecule has 1 aliphatic heterocycles. The van der Waals surface area contributed by atoms with Crippen LogP contribution >= 0.6 is 0 Å². The van der Waals surface area contributed by atoms with Crippen molar-refractivity contribution in [1.29, 1.82) is 0 Å². The molecule has 0 aromatic carbocycles. The molecule has 1 saturated heterocycles. The third-order valence-electron chi connectivity index (χ3n) is 4.24. The average Bonchev–Trinajstić information content (AvgIpc) is 2.89. The van der Waals surface area contributed by atoms with Gasteiger partial charge in [0.2, 0.25) is 0 Å². The molecule has 1 heteroatoms. The zero-order valence-corrected chi connectivity index (χ0v) is 9.72. The Hall–Kier alpha value is -0.0400. The Kier molecular flexibility index (Phi) is 3.16. The van der Waals surface area contributed by atoms with Crippen LogP contribution in [0.4, 0.5) is 0 Å². The summed E-state index contributed by atoms with van der Waals surface area (Å²) in [6.07, 6.45) is 11.7. The predicted molar refractivity (Wildman–Crippen MR) is 59.4 cm³/mol. The fourth-order valence-corrected chi connectivity index (χ4v) is 3.23. The maximum Gasteiger partial charge on any atom is 0.0973 e. The number of epoxide rings is 1. The molecule has 1 aliphatic carbocycles. The molecule has 2 fully saturated rings. The van der Waals surface area contributed by atoms with Gasteiger partial charge in [-0.25, -0.2) is 0 Å². The largest absolute Gasteiger partial charge is 0.366 e. The second kappa shape index (κ2) is 4.22. The molecule has 0 aromatic heterocycles. The summed E-state index contributed by atoms with van der Waals surface area (Å²) in [5.41, 5.74) is 0.330. The van der Waals surface area contributed by atoms with Gasteiger partial charge >= 0.3 is 0 Å². The third kappa shape index (κ3) is 1.84. The van der Waals surface area contributed by atoms with Crippen molar-refractivity contribution in [2.45, 2.75) is 76.9 Å². The molecule has 0 N–H and O–H groups in total. The van der Waals surface area contributed by atoms with Gasteiger partial charge in [0.25, 0.3) is 0 Å². The Labute approximate surface area is 88.2 Å². The van der Waals surface area contributed by atoms with Gasteiger partial charge in [-0.1, -0.05) is 39.0 Å². The van der Waals surface area contributed by atoms with Crippen LogP contribution < -0.4 is 0 Å². The fraction of sp³-hybridized carbons (Fsp3) is 1.00. The Morgan fingerprint density at radius 1 is 1.21 bits per heavy atom. The minimum Gasteiger partial charge on any atom is -0.366 e. The summed E-state index contributed by atoms with van der Waals surface area (Å²) in [6, 6.07) is 0. The molecule has 2 atom stereocenters. The molecule has 0 spiro atoms. The molecule has 1 saturated carbocycles. The van der Waals surface area contributed by atoms with Crippen molar-refractivity contribution in [3.05, 3.63) is 0 Å². The van der Waals surface area contributed by atoms with Gasteiger partial charge < -0.3 is 4.74 Å². The number of hydrogen-bond donors (Lipinski definition) is 0. The minimum absolute atomic E-state index is 0.330. The topological polar surface area (TPSA) is 12.5 Å². The quantitative estimate of drug-likeness (QED) is 0.621. The molecule has 14 heavy (non-hydrogen) atoms. The van der Waals surface area contributed by atoms with Crippen LogP contribution in [0.2, 0.25) is 0 Å². The van der Waals surface area contributed by atoms with E-state index in [1.54, 1.807) is 0 Å². The SMILES string of the molecule is CCCCC1(C2CCCCC2)OC1C. The highest BCUT2D eigenvalue weighted by Gasteiger charge is 2.57. The van der Waals surface area contributed by atoms with E-state index < -0.39 is 0 Å². The Morgan fingerprint density at radius 2 is 1.86 bits per heavy atom. The molecular weight excluding hydrogens is 172 g/mol. The van der Waals surface area contributed by atoms with Gasteiger partial charge in [0.1, 0.15) is 0 Å². The first-order valence-electron chi connectivity index (χ1n) is 6.47. The van der Waals surface area contributed by atoms with Crippen LogP contribution in [0.1, 0.15) is 65.2 Å². The number of ether oxygens (including phenoxy) is 1. The normalized spacial score (nSPS) is 38.6. The summed E-state index contributed by atoms with van der Waals surface area (Å²) in [6.45, 7) is 4.55. The fourth-order valence-electron chi connectivity index (χ4n) is 3.23. The molecule has 1 nitrogen and oxygen atoms in total. The van der Waals surface area contributed by atoms with Crippen molar-refractivity contribution in [3.8, 4) is 0 Å². The van der Waals surface area contributed by atoms with Gasteiger partial charge in [0.15, 0.2) is 0 Å². The first-order valence-corrected chi connectivity index (χ1v) is 6.47. The van der Waals surface area contributed by atoms with E-state index in [4.69, 9.17) is 4.74 Å². The molecule has 0 amide bonds. The lowest BCUT2D eigenvalue weighted by Gasteiger charge is -2.28. The van der Waals surface area contributed by atoms with Crippen LogP contribution in [0.5, 0.6) is 0 Å². The van der Waals surface area contributed by atoms with Crippen LogP contribution in [0.25, 0.3) is 0 Å². The Bertz CT molecular complexity index is 184. The summed E-state index contributed by atoms with van der Waals surface area (Å²) in [7, 11) is 0. The van der Waals surface area contributed by atoms with Gasteiger partial charge in [-0.3, -0.25) is 0 Å². The van der Waals surface area contributed by atoms with E-state index in [2.05, 4.69) is 13.8 Å². The zero-order chi connectivity index (χ0) is 10.0. The van der Waals surface area contributed by atoms with E-state index in [1.807, 2.05) is 0 Å². The summed E-state index contributed by atoms with van der Waals surface area (Å²) >= 11 is 0. The van der Waals surface area contributed by atoms with Crippen LogP contribution in [0.3, 0.4) is 0 Å². The molecule has 0 aromatic rings. The molecule has 1 heterocycles. The van der Waals surface area contributed by atoms with E-state index in [-0.39, 0.29) is 0 Å². The van der Waals surface area contributed by atoms with Crippen molar-refractivity contribution in [2.75, 3.05) is 0 Å². The first kappa shape index (κ1) is 10.5. The average molecular weight is 196 g/mol. The maximum absolute atomic E-state index is 5.95. The number of rotatable bonds is 4. The molecule has 0 radical (unpaired) electrons. The Balaban J connectivity index is 1.90. The van der Waals surface area contributed by atoms with Crippen molar-refractivity contribution in [1.82, 2.24) is 0 Å². The van der Waals surface area contributed by atoms with Crippen LogP contribution in [0, 0.1) is 5.92 Å². The molecule has 82 valence electrons. The van der Waals surface area contributed by atoms with E-state index >= 15 is 0 Å². The van der Waals surface area contributed by atoms with Crippen LogP contribution in [-0.2, 0) is 4.74 Å². The lowest BCUT2D eigenvalue weighted by atomic mass is 9.76. The van der Waals surface area contributed by atoms with Crippen molar-refractivity contribution in [3.63, 3.8) is 0 Å². The number of unbranched alkanes of at least 4 members (excludes halogenated alkanes) is 1. The standard InChI is InChI=1S/C13H24O/c1-3-4-10-13(11(2)14-13)12-8-6-5-7-9-12/h11-12H,3-10H2,1-2H3. The molecular formula is C13H24O. The summed E-state index contributed by atoms with van der Waals surface area (Å²) in [4.78, 5) is 0. The predicted octanol–water partition coefficient (Wildman–Crippen LogP) is 3.91. The van der Waals surface area contributed by atoms with E-state index in [0.29, 0.717) is 11.7 Å². The third-order valence-corrected chi connectivity index (χ3v) is 4.24. The summed E-state index contributed by atoms with van der Waals surface area (Å²) in [5.74, 6) is 0.887. The van der Waals surface area contributed by atoms with Gasteiger partial charge in [-0.05, 0) is 32.1 Å². The van der Waals surface area contributed by atoms with Gasteiger partial charge in [0, 0.05) is 0 Å². The van der Waals surface area contributed by atoms with Crippen LogP contribution in [-0.4, -0.2) is 11.7 Å². The number of hydrogen-bond acceptors (Lipinski definition) is 1. The van der Waals surface area contributed by atoms with Gasteiger partial charge in [-0.15, -0.1) is 0 Å². The zero-order valence-electron chi connectivity index (χ0n) is 9.72. The van der Waals surface area contributed by atoms with Crippen LogP contribution in [0.15, 0.2) is 0 Å². The highest BCUT2D eigenvalue weighted by molar-refractivity contribution is 5.05. The van der Waals surface area contributed by atoms with Crippen molar-refractivity contribution < 1.29 is 4.74 Å². The molecule has 2 aliphatic rings. The summed E-state index contributed by atoms with van der Waals surface area (Å²) in [5, 5.41) is 0. The lowest BCUT2D eigenvalue weighted by Crippen LogP contribution is -2.28. The summed E-state index contributed by atoms with van der Waals surface area (Å²) < 4.78 is 5.95. The first-order chi connectivity index (χ1) is 6.79.